The summed E-state index contributed by atoms with van der Waals surface area (Å²) in [5.74, 6) is 0. The first-order valence-corrected chi connectivity index (χ1v) is 7.10. The monoisotopic (exact) mass is 233 g/mol. The number of unbranched alkanes of at least 4 members (excludes halogenated alkanes) is 9. The lowest BCUT2D eigenvalue weighted by atomic mass is 10.1. The fourth-order valence-corrected chi connectivity index (χ4v) is 1.86. The second-order valence-electron chi connectivity index (χ2n) is 4.52. The smallest absolute Gasteiger partial charge is 0.394 e. The predicted molar refractivity (Wildman–Crippen MR) is 70.9 cm³/mol. The molecule has 1 N–H and O–H groups in total. The highest BCUT2D eigenvalue weighted by Crippen LogP contribution is 2.10. The lowest BCUT2D eigenvalue weighted by molar-refractivity contribution is 0.0895. The van der Waals surface area contributed by atoms with Gasteiger partial charge in [0.05, 0.1) is 13.2 Å². The number of aliphatic hydroxyl groups excluding tert-OH is 1. The summed E-state index contributed by atoms with van der Waals surface area (Å²) in [5.41, 5.74) is 0. The minimum atomic E-state index is 0. The van der Waals surface area contributed by atoms with Crippen molar-refractivity contribution >= 4 is 0 Å². The SMILES string of the molecule is CCCCCCCCCCCCOCCO.[3H+]. The Hall–Kier alpha value is -0.0800. The summed E-state index contributed by atoms with van der Waals surface area (Å²) in [5, 5.41) is 8.50. The zero-order chi connectivity index (χ0) is 11.9. The molecular formula is C14H31O2+. The van der Waals surface area contributed by atoms with Gasteiger partial charge in [-0.25, -0.2) is 0 Å². The van der Waals surface area contributed by atoms with Crippen LogP contribution >= 0.6 is 0 Å². The maximum Gasteiger partial charge on any atom is 1.00 e. The van der Waals surface area contributed by atoms with Gasteiger partial charge in [-0.3, -0.25) is 0 Å². The molecule has 16 heavy (non-hydrogen) atoms. The van der Waals surface area contributed by atoms with E-state index >= 15 is 0 Å². The van der Waals surface area contributed by atoms with Crippen LogP contribution in [0, 0.1) is 0 Å². The fourth-order valence-electron chi connectivity index (χ4n) is 1.86. The highest BCUT2D eigenvalue weighted by Gasteiger charge is 1.92. The Kier molecular flexibility index (Phi) is 14.8. The number of hydrogen-bond acceptors (Lipinski definition) is 2. The first-order valence-electron chi connectivity index (χ1n) is 7.10. The van der Waals surface area contributed by atoms with E-state index in [1.54, 1.807) is 0 Å². The molecule has 0 radical (unpaired) electrons. The van der Waals surface area contributed by atoms with Gasteiger partial charge in [0.15, 0.2) is 0 Å². The van der Waals surface area contributed by atoms with Crippen molar-refractivity contribution in [1.29, 1.82) is 0 Å². The zero-order valence-corrected chi connectivity index (χ0v) is 11.0. The van der Waals surface area contributed by atoms with Crippen molar-refractivity contribution in [2.75, 3.05) is 19.8 Å². The standard InChI is InChI=1S/C14H30O2/c1-2-3-4-5-6-7-8-9-10-11-13-16-14-12-15/h15H,2-14H2,1H3/p+1/i/hT. The Balaban J connectivity index is 0. The molecule has 0 atom stereocenters. The first kappa shape index (κ1) is 15.9. The molecule has 0 aliphatic carbocycles. The predicted octanol–water partition coefficient (Wildman–Crippen LogP) is 4.03. The lowest BCUT2D eigenvalue weighted by Gasteiger charge is -2.03. The Morgan fingerprint density at radius 3 is 1.75 bits per heavy atom. The molecule has 0 aliphatic heterocycles. The molecule has 0 aromatic rings. The number of rotatable bonds is 13. The molecule has 0 aromatic carbocycles. The van der Waals surface area contributed by atoms with Gasteiger partial charge in [0.25, 0.3) is 0 Å². The van der Waals surface area contributed by atoms with E-state index in [4.69, 9.17) is 9.84 Å². The van der Waals surface area contributed by atoms with Crippen LogP contribution in [0.15, 0.2) is 0 Å². The summed E-state index contributed by atoms with van der Waals surface area (Å²) in [6.45, 7) is 3.73. The van der Waals surface area contributed by atoms with Crippen LogP contribution in [0.3, 0.4) is 0 Å². The maximum absolute atomic E-state index is 8.50. The van der Waals surface area contributed by atoms with Gasteiger partial charge in [-0.15, -0.1) is 0 Å². The molecule has 2 heteroatoms. The van der Waals surface area contributed by atoms with Crippen LogP contribution in [0.5, 0.6) is 0 Å². The topological polar surface area (TPSA) is 29.5 Å². The summed E-state index contributed by atoms with van der Waals surface area (Å²) in [4.78, 5) is 0. The van der Waals surface area contributed by atoms with Crippen molar-refractivity contribution < 1.29 is 11.3 Å². The van der Waals surface area contributed by atoms with E-state index in [0.717, 1.165) is 13.0 Å². The van der Waals surface area contributed by atoms with E-state index in [1.165, 1.54) is 57.8 Å². The highest BCUT2D eigenvalue weighted by atomic mass is 16.5. The van der Waals surface area contributed by atoms with Crippen LogP contribution in [0.1, 0.15) is 72.6 Å². The largest absolute Gasteiger partial charge is 1.00 e. The Morgan fingerprint density at radius 2 is 1.25 bits per heavy atom. The molecule has 0 heterocycles. The molecule has 0 aromatic heterocycles. The van der Waals surface area contributed by atoms with Gasteiger partial charge in [0.1, 0.15) is 0 Å². The van der Waals surface area contributed by atoms with Crippen LogP contribution in [0.2, 0.25) is 0 Å². The van der Waals surface area contributed by atoms with Crippen molar-refractivity contribution in [2.24, 2.45) is 0 Å². The van der Waals surface area contributed by atoms with Gasteiger partial charge in [-0.1, -0.05) is 64.7 Å². The van der Waals surface area contributed by atoms with Crippen LogP contribution in [0.4, 0.5) is 0 Å². The molecular weight excluding hydrogens is 200 g/mol. The summed E-state index contributed by atoms with van der Waals surface area (Å²) in [6.07, 6.45) is 13.6. The Morgan fingerprint density at radius 1 is 0.750 bits per heavy atom. The third-order valence-electron chi connectivity index (χ3n) is 2.88. The van der Waals surface area contributed by atoms with Crippen LogP contribution < -0.4 is 0 Å². The molecule has 0 aliphatic rings. The zero-order valence-electron chi connectivity index (χ0n) is 12.0. The second kappa shape index (κ2) is 14.9. The van der Waals surface area contributed by atoms with Gasteiger partial charge in [-0.2, -0.15) is 0 Å². The van der Waals surface area contributed by atoms with Crippen LogP contribution in [0.25, 0.3) is 0 Å². The van der Waals surface area contributed by atoms with E-state index in [-0.39, 0.29) is 8.03 Å². The van der Waals surface area contributed by atoms with E-state index < -0.39 is 0 Å². The summed E-state index contributed by atoms with van der Waals surface area (Å²) in [6, 6.07) is 0. The minimum absolute atomic E-state index is 0. The van der Waals surface area contributed by atoms with E-state index in [1.807, 2.05) is 0 Å². The average Bonchev–Trinajstić information content (AvgIpc) is 2.31. The van der Waals surface area contributed by atoms with Gasteiger partial charge >= 0.3 is 1.43 Å². The molecule has 98 valence electrons. The first-order chi connectivity index (χ1) is 7.91. The maximum atomic E-state index is 8.50. The van der Waals surface area contributed by atoms with Gasteiger partial charge < -0.3 is 9.84 Å². The number of aliphatic hydroxyl groups is 1. The molecule has 0 unspecified atom stereocenters. The summed E-state index contributed by atoms with van der Waals surface area (Å²) in [7, 11) is 0. The van der Waals surface area contributed by atoms with Crippen molar-refractivity contribution in [3.8, 4) is 0 Å². The van der Waals surface area contributed by atoms with E-state index in [9.17, 15) is 0 Å². The summed E-state index contributed by atoms with van der Waals surface area (Å²) < 4.78 is 5.20. The number of hydrogen-bond donors (Lipinski definition) is 1. The number of ether oxygens (including phenoxy) is 1. The van der Waals surface area contributed by atoms with Gasteiger partial charge in [0.2, 0.25) is 0 Å². The van der Waals surface area contributed by atoms with Crippen molar-refractivity contribution in [1.82, 2.24) is 0 Å². The minimum Gasteiger partial charge on any atom is -0.394 e. The molecule has 0 amide bonds. The quantitative estimate of drug-likeness (QED) is 0.487. The molecule has 2 nitrogen and oxygen atoms in total. The van der Waals surface area contributed by atoms with E-state index in [0.29, 0.717) is 6.61 Å². The fraction of sp³-hybridized carbons (Fsp3) is 1.00. The lowest BCUT2D eigenvalue weighted by Crippen LogP contribution is -2.00. The molecule has 0 saturated heterocycles. The Bertz CT molecular complexity index is 107. The molecule has 0 fully saturated rings. The normalized spacial score (nSPS) is 10.9. The molecule has 0 saturated carbocycles. The third kappa shape index (κ3) is 13.9. The second-order valence-corrected chi connectivity index (χ2v) is 4.52. The van der Waals surface area contributed by atoms with Crippen molar-refractivity contribution in [3.05, 3.63) is 0 Å². The van der Waals surface area contributed by atoms with Gasteiger partial charge in [-0.05, 0) is 6.42 Å². The van der Waals surface area contributed by atoms with Crippen LogP contribution in [-0.2, 0) is 4.74 Å². The van der Waals surface area contributed by atoms with Gasteiger partial charge in [0, 0.05) is 6.61 Å². The van der Waals surface area contributed by atoms with Crippen LogP contribution in [-0.4, -0.2) is 24.9 Å². The molecule has 0 spiro atoms. The third-order valence-corrected chi connectivity index (χ3v) is 2.88. The van der Waals surface area contributed by atoms with E-state index in [2.05, 4.69) is 6.92 Å². The molecule has 0 bridgehead atoms. The average molecular weight is 233 g/mol. The van der Waals surface area contributed by atoms with Crippen molar-refractivity contribution in [2.45, 2.75) is 71.1 Å². The molecule has 0 rings (SSSR count). The Labute approximate surface area is 103 Å². The highest BCUT2D eigenvalue weighted by molar-refractivity contribution is 4.47. The van der Waals surface area contributed by atoms with Crippen molar-refractivity contribution in [3.63, 3.8) is 0 Å². The summed E-state index contributed by atoms with van der Waals surface area (Å²) >= 11 is 0.